The molecule has 4 heteroatoms. The highest BCUT2D eigenvalue weighted by molar-refractivity contribution is 5.76. The van der Waals surface area contributed by atoms with E-state index in [-0.39, 0.29) is 6.10 Å². The molecule has 104 valence electrons. The zero-order valence-corrected chi connectivity index (χ0v) is 11.5. The number of likely N-dealkylation sites (tertiary alicyclic amines) is 1. The second-order valence-corrected chi connectivity index (χ2v) is 5.60. The van der Waals surface area contributed by atoms with E-state index in [1.165, 1.54) is 12.8 Å². The van der Waals surface area contributed by atoms with Crippen molar-refractivity contribution in [1.29, 1.82) is 0 Å². The molecule has 0 saturated carbocycles. The summed E-state index contributed by atoms with van der Waals surface area (Å²) >= 11 is 0. The molecule has 0 aromatic heterocycles. The molecule has 0 radical (unpaired) electrons. The average Bonchev–Trinajstić information content (AvgIpc) is 2.40. The van der Waals surface area contributed by atoms with Gasteiger partial charge in [0.05, 0.1) is 12.5 Å². The Bertz CT molecular complexity index is 263. The van der Waals surface area contributed by atoms with E-state index in [4.69, 9.17) is 4.74 Å². The smallest absolute Gasteiger partial charge is 0.225 e. The molecule has 4 nitrogen and oxygen atoms in total. The van der Waals surface area contributed by atoms with Crippen LogP contribution in [0.4, 0.5) is 0 Å². The monoisotopic (exact) mass is 254 g/mol. The van der Waals surface area contributed by atoms with E-state index < -0.39 is 0 Å². The van der Waals surface area contributed by atoms with Gasteiger partial charge in [0.15, 0.2) is 0 Å². The van der Waals surface area contributed by atoms with Gasteiger partial charge in [0.2, 0.25) is 5.91 Å². The molecule has 2 rings (SSSR count). The first-order chi connectivity index (χ1) is 8.79. The van der Waals surface area contributed by atoms with E-state index in [2.05, 4.69) is 5.32 Å². The van der Waals surface area contributed by atoms with Crippen molar-refractivity contribution < 1.29 is 9.53 Å². The predicted octanol–water partition coefficient (Wildman–Crippen LogP) is 1.40. The van der Waals surface area contributed by atoms with Gasteiger partial charge in [-0.25, -0.2) is 0 Å². The third-order valence-electron chi connectivity index (χ3n) is 4.04. The van der Waals surface area contributed by atoms with E-state index in [0.29, 0.717) is 18.2 Å². The van der Waals surface area contributed by atoms with Crippen molar-refractivity contribution in [3.63, 3.8) is 0 Å². The second-order valence-electron chi connectivity index (χ2n) is 5.60. The summed E-state index contributed by atoms with van der Waals surface area (Å²) in [5.41, 5.74) is 0. The fourth-order valence-corrected chi connectivity index (χ4v) is 3.04. The lowest BCUT2D eigenvalue weighted by molar-refractivity contribution is -0.136. The molecule has 2 aliphatic rings. The minimum absolute atomic E-state index is 0.177. The van der Waals surface area contributed by atoms with Crippen LogP contribution in [0.25, 0.3) is 0 Å². The Morgan fingerprint density at radius 3 is 2.94 bits per heavy atom. The van der Waals surface area contributed by atoms with Crippen LogP contribution in [0.1, 0.15) is 38.5 Å². The Morgan fingerprint density at radius 1 is 1.33 bits per heavy atom. The van der Waals surface area contributed by atoms with Crippen LogP contribution in [0.5, 0.6) is 0 Å². The Kier molecular flexibility index (Phi) is 5.45. The van der Waals surface area contributed by atoms with E-state index in [0.717, 1.165) is 45.5 Å². The number of piperidine rings is 1. The topological polar surface area (TPSA) is 41.6 Å². The van der Waals surface area contributed by atoms with E-state index >= 15 is 0 Å². The van der Waals surface area contributed by atoms with Crippen molar-refractivity contribution in [3.05, 3.63) is 0 Å². The number of hydrogen-bond donors (Lipinski definition) is 1. The first-order valence-corrected chi connectivity index (χ1v) is 7.33. The van der Waals surface area contributed by atoms with E-state index in [1.807, 2.05) is 11.9 Å². The Hall–Kier alpha value is -0.610. The van der Waals surface area contributed by atoms with Crippen LogP contribution in [0.15, 0.2) is 0 Å². The maximum Gasteiger partial charge on any atom is 0.225 e. The summed E-state index contributed by atoms with van der Waals surface area (Å²) in [6, 6.07) is 0. The summed E-state index contributed by atoms with van der Waals surface area (Å²) in [5.74, 6) is 0.919. The summed E-state index contributed by atoms with van der Waals surface area (Å²) in [5, 5.41) is 3.22. The second kappa shape index (κ2) is 7.10. The summed E-state index contributed by atoms with van der Waals surface area (Å²) < 4.78 is 5.65. The van der Waals surface area contributed by atoms with Crippen LogP contribution in [0.3, 0.4) is 0 Å². The molecule has 2 fully saturated rings. The number of rotatable bonds is 4. The first-order valence-electron chi connectivity index (χ1n) is 7.33. The maximum atomic E-state index is 12.2. The van der Waals surface area contributed by atoms with Gasteiger partial charge in [-0.1, -0.05) is 0 Å². The molecule has 2 aliphatic heterocycles. The lowest BCUT2D eigenvalue weighted by Gasteiger charge is -2.34. The highest BCUT2D eigenvalue weighted by Gasteiger charge is 2.26. The Morgan fingerprint density at radius 2 is 2.22 bits per heavy atom. The van der Waals surface area contributed by atoms with Gasteiger partial charge in [0, 0.05) is 19.7 Å². The van der Waals surface area contributed by atoms with E-state index in [1.54, 1.807) is 0 Å². The lowest BCUT2D eigenvalue weighted by Crippen LogP contribution is -2.43. The van der Waals surface area contributed by atoms with E-state index in [9.17, 15) is 4.79 Å². The molecular formula is C14H26N2O2. The van der Waals surface area contributed by atoms with Gasteiger partial charge in [-0.2, -0.15) is 0 Å². The molecule has 2 unspecified atom stereocenters. The average molecular weight is 254 g/mol. The SMILES string of the molecule is CNCC1CCCN(C(=O)CC2CCCCO2)C1. The largest absolute Gasteiger partial charge is 0.378 e. The number of carbonyl (C=O) groups is 1. The van der Waals surface area contributed by atoms with Gasteiger partial charge in [0.1, 0.15) is 0 Å². The number of nitrogens with zero attached hydrogens (tertiary/aromatic N) is 1. The van der Waals surface area contributed by atoms with Crippen LogP contribution in [0, 0.1) is 5.92 Å². The summed E-state index contributed by atoms with van der Waals surface area (Å²) in [4.78, 5) is 14.3. The van der Waals surface area contributed by atoms with Crippen molar-refractivity contribution in [2.45, 2.75) is 44.6 Å². The highest BCUT2D eigenvalue weighted by Crippen LogP contribution is 2.20. The molecule has 0 aromatic carbocycles. The molecular weight excluding hydrogens is 228 g/mol. The normalized spacial score (nSPS) is 29.3. The van der Waals surface area contributed by atoms with Crippen molar-refractivity contribution in [3.8, 4) is 0 Å². The summed E-state index contributed by atoms with van der Waals surface area (Å²) in [6.07, 6.45) is 6.56. The molecule has 2 heterocycles. The van der Waals surface area contributed by atoms with Crippen molar-refractivity contribution in [2.75, 3.05) is 33.3 Å². The van der Waals surface area contributed by atoms with Crippen LogP contribution >= 0.6 is 0 Å². The number of amides is 1. The number of nitrogens with one attached hydrogen (secondary N) is 1. The number of ether oxygens (including phenoxy) is 1. The first kappa shape index (κ1) is 13.8. The standard InChI is InChI=1S/C14H26N2O2/c1-15-10-12-5-4-7-16(11-12)14(17)9-13-6-2-3-8-18-13/h12-13,15H,2-11H2,1H3. The Labute approximate surface area is 110 Å². The molecule has 18 heavy (non-hydrogen) atoms. The summed E-state index contributed by atoms with van der Waals surface area (Å²) in [6.45, 7) is 3.71. The minimum atomic E-state index is 0.177. The molecule has 0 bridgehead atoms. The highest BCUT2D eigenvalue weighted by atomic mass is 16.5. The minimum Gasteiger partial charge on any atom is -0.378 e. The van der Waals surface area contributed by atoms with Crippen LogP contribution < -0.4 is 5.32 Å². The van der Waals surface area contributed by atoms with Gasteiger partial charge < -0.3 is 15.0 Å². The quantitative estimate of drug-likeness (QED) is 0.824. The van der Waals surface area contributed by atoms with Crippen LogP contribution in [-0.2, 0) is 9.53 Å². The fraction of sp³-hybridized carbons (Fsp3) is 0.929. The van der Waals surface area contributed by atoms with Crippen molar-refractivity contribution in [2.24, 2.45) is 5.92 Å². The summed E-state index contributed by atoms with van der Waals surface area (Å²) in [7, 11) is 1.98. The molecule has 0 aliphatic carbocycles. The van der Waals surface area contributed by atoms with Crippen molar-refractivity contribution in [1.82, 2.24) is 10.2 Å². The van der Waals surface area contributed by atoms with Crippen LogP contribution in [-0.4, -0.2) is 50.2 Å². The number of carbonyl (C=O) groups excluding carboxylic acids is 1. The third kappa shape index (κ3) is 3.95. The fourth-order valence-electron chi connectivity index (χ4n) is 3.04. The zero-order valence-electron chi connectivity index (χ0n) is 11.5. The predicted molar refractivity (Wildman–Crippen MR) is 71.4 cm³/mol. The van der Waals surface area contributed by atoms with Crippen LogP contribution in [0.2, 0.25) is 0 Å². The number of hydrogen-bond acceptors (Lipinski definition) is 3. The van der Waals surface area contributed by atoms with Gasteiger partial charge in [-0.05, 0) is 51.6 Å². The lowest BCUT2D eigenvalue weighted by atomic mass is 9.97. The van der Waals surface area contributed by atoms with Gasteiger partial charge >= 0.3 is 0 Å². The van der Waals surface area contributed by atoms with Gasteiger partial charge in [-0.15, -0.1) is 0 Å². The molecule has 0 aromatic rings. The molecule has 2 saturated heterocycles. The molecule has 1 amide bonds. The Balaban J connectivity index is 1.76. The molecule has 1 N–H and O–H groups in total. The zero-order chi connectivity index (χ0) is 12.8. The van der Waals surface area contributed by atoms with Crippen molar-refractivity contribution >= 4 is 5.91 Å². The maximum absolute atomic E-state index is 12.2. The molecule has 2 atom stereocenters. The third-order valence-corrected chi connectivity index (χ3v) is 4.04. The van der Waals surface area contributed by atoms with Gasteiger partial charge in [-0.3, -0.25) is 4.79 Å². The van der Waals surface area contributed by atoms with Gasteiger partial charge in [0.25, 0.3) is 0 Å². The molecule has 0 spiro atoms.